The Bertz CT molecular complexity index is 1160. The van der Waals surface area contributed by atoms with Crippen molar-refractivity contribution in [1.29, 1.82) is 0 Å². The van der Waals surface area contributed by atoms with Crippen LogP contribution in [0.2, 0.25) is 0 Å². The van der Waals surface area contributed by atoms with Crippen molar-refractivity contribution in [2.24, 2.45) is 5.92 Å². The lowest BCUT2D eigenvalue weighted by Crippen LogP contribution is -2.42. The number of rotatable bonds is 12. The third-order valence-electron chi connectivity index (χ3n) is 6.07. The van der Waals surface area contributed by atoms with Crippen LogP contribution >= 0.6 is 0 Å². The first kappa shape index (κ1) is 26.8. The van der Waals surface area contributed by atoms with Gasteiger partial charge in [0.1, 0.15) is 24.1 Å². The van der Waals surface area contributed by atoms with Crippen molar-refractivity contribution in [3.05, 3.63) is 94.5 Å². The molecule has 2 N–H and O–H groups in total. The molecular weight excluding hydrogens is 454 g/mol. The van der Waals surface area contributed by atoms with Crippen LogP contribution in [-0.2, 0) is 17.8 Å². The van der Waals surface area contributed by atoms with E-state index >= 15 is 0 Å². The second-order valence-electron chi connectivity index (χ2n) is 9.38. The molecule has 0 bridgehead atoms. The van der Waals surface area contributed by atoms with Gasteiger partial charge in [0.2, 0.25) is 0 Å². The average Bonchev–Trinajstić information content (AvgIpc) is 2.85. The number of ether oxygens (including phenoxy) is 2. The zero-order chi connectivity index (χ0) is 26.1. The molecule has 0 aliphatic carbocycles. The summed E-state index contributed by atoms with van der Waals surface area (Å²) in [5, 5.41) is 12.2. The number of para-hydroxylation sites is 1. The fourth-order valence-electron chi connectivity index (χ4n) is 3.91. The molecule has 0 saturated heterocycles. The predicted octanol–water partition coefficient (Wildman–Crippen LogP) is 5.73. The first-order valence-corrected chi connectivity index (χ1v) is 12.3. The molecule has 6 nitrogen and oxygen atoms in total. The van der Waals surface area contributed by atoms with Crippen LogP contribution in [0.4, 0.5) is 0 Å². The summed E-state index contributed by atoms with van der Waals surface area (Å²) in [5.41, 5.74) is 4.40. The minimum Gasteiger partial charge on any atom is -0.494 e. The third kappa shape index (κ3) is 7.60. The highest BCUT2D eigenvalue weighted by Crippen LogP contribution is 2.25. The van der Waals surface area contributed by atoms with Gasteiger partial charge in [0.25, 0.3) is 5.91 Å². The summed E-state index contributed by atoms with van der Waals surface area (Å²) in [7, 11) is 0. The Hall–Kier alpha value is -3.80. The van der Waals surface area contributed by atoms with Gasteiger partial charge in [-0.3, -0.25) is 4.79 Å². The van der Waals surface area contributed by atoms with Crippen LogP contribution in [0.5, 0.6) is 11.5 Å². The van der Waals surface area contributed by atoms with Crippen LogP contribution in [0.25, 0.3) is 0 Å². The summed E-state index contributed by atoms with van der Waals surface area (Å²) in [6.07, 6.45) is 1.19. The molecule has 6 heteroatoms. The first-order chi connectivity index (χ1) is 17.2. The summed E-state index contributed by atoms with van der Waals surface area (Å²) in [6, 6.07) is 20.0. The molecule has 0 fully saturated rings. The van der Waals surface area contributed by atoms with Gasteiger partial charge in [-0.25, -0.2) is 4.79 Å². The highest BCUT2D eigenvalue weighted by atomic mass is 16.5. The molecule has 36 heavy (non-hydrogen) atoms. The van der Waals surface area contributed by atoms with Gasteiger partial charge in [-0.1, -0.05) is 56.3 Å². The zero-order valence-electron chi connectivity index (χ0n) is 21.4. The molecule has 1 unspecified atom stereocenters. The summed E-state index contributed by atoms with van der Waals surface area (Å²) >= 11 is 0. The fraction of sp³-hybridized carbons (Fsp3) is 0.333. The van der Waals surface area contributed by atoms with Crippen molar-refractivity contribution in [3.63, 3.8) is 0 Å². The molecule has 3 aromatic carbocycles. The van der Waals surface area contributed by atoms with E-state index in [-0.39, 0.29) is 13.0 Å². The average molecular weight is 490 g/mol. The third-order valence-corrected chi connectivity index (χ3v) is 6.07. The van der Waals surface area contributed by atoms with E-state index < -0.39 is 17.9 Å². The van der Waals surface area contributed by atoms with Crippen LogP contribution in [0.3, 0.4) is 0 Å². The van der Waals surface area contributed by atoms with Gasteiger partial charge < -0.3 is 19.9 Å². The number of carboxylic acids is 1. The number of benzene rings is 3. The predicted molar refractivity (Wildman–Crippen MR) is 141 cm³/mol. The highest BCUT2D eigenvalue weighted by molar-refractivity contribution is 5.98. The van der Waals surface area contributed by atoms with Gasteiger partial charge in [0, 0.05) is 12.0 Å². The van der Waals surface area contributed by atoms with Gasteiger partial charge in [-0.05, 0) is 72.7 Å². The topological polar surface area (TPSA) is 84.9 Å². The van der Waals surface area contributed by atoms with E-state index in [4.69, 9.17) is 9.47 Å². The standard InChI is InChI=1S/C30H35NO5/c1-20(2)18-23-10-12-24(13-11-23)19-36-28-15-14-26(21(3)22(28)4)29(32)31-27(30(33)34)16-17-35-25-8-6-5-7-9-25/h5-15,20,27H,16-19H2,1-4H3,(H,31,32)(H,33,34). The second-order valence-corrected chi connectivity index (χ2v) is 9.38. The monoisotopic (exact) mass is 489 g/mol. The Kier molecular flexibility index (Phi) is 9.51. The molecular formula is C30H35NO5. The summed E-state index contributed by atoms with van der Waals surface area (Å²) in [5.74, 6) is 0.425. The van der Waals surface area contributed by atoms with Crippen LogP contribution in [-0.4, -0.2) is 29.6 Å². The maximum Gasteiger partial charge on any atom is 0.326 e. The number of amides is 1. The second kappa shape index (κ2) is 12.8. The van der Waals surface area contributed by atoms with Crippen molar-refractivity contribution in [3.8, 4) is 11.5 Å². The number of carbonyl (C=O) groups excluding carboxylic acids is 1. The van der Waals surface area contributed by atoms with Crippen LogP contribution in [0.1, 0.15) is 52.9 Å². The van der Waals surface area contributed by atoms with Crippen LogP contribution in [0, 0.1) is 19.8 Å². The van der Waals surface area contributed by atoms with Crippen LogP contribution in [0.15, 0.2) is 66.7 Å². The summed E-state index contributed by atoms with van der Waals surface area (Å²) < 4.78 is 11.6. The van der Waals surface area contributed by atoms with E-state index in [1.807, 2.05) is 32.0 Å². The molecule has 0 spiro atoms. The van der Waals surface area contributed by atoms with Gasteiger partial charge in [0.15, 0.2) is 0 Å². The Labute approximate surface area is 213 Å². The van der Waals surface area contributed by atoms with Crippen molar-refractivity contribution in [1.82, 2.24) is 5.32 Å². The molecule has 0 aliphatic heterocycles. The maximum absolute atomic E-state index is 12.9. The zero-order valence-corrected chi connectivity index (χ0v) is 21.4. The lowest BCUT2D eigenvalue weighted by molar-refractivity contribution is -0.139. The van der Waals surface area contributed by atoms with Gasteiger partial charge in [-0.15, -0.1) is 0 Å². The number of aliphatic carboxylic acids is 1. The number of carboxylic acid groups (broad SMARTS) is 1. The van der Waals surface area contributed by atoms with E-state index in [1.54, 1.807) is 24.3 Å². The van der Waals surface area contributed by atoms with E-state index in [0.717, 1.165) is 23.1 Å². The van der Waals surface area contributed by atoms with Crippen molar-refractivity contribution in [2.45, 2.75) is 53.2 Å². The number of hydrogen-bond donors (Lipinski definition) is 2. The van der Waals surface area contributed by atoms with Crippen LogP contribution < -0.4 is 14.8 Å². The number of carbonyl (C=O) groups is 2. The quantitative estimate of drug-likeness (QED) is 0.339. The van der Waals surface area contributed by atoms with E-state index in [9.17, 15) is 14.7 Å². The Morgan fingerprint density at radius 2 is 1.53 bits per heavy atom. The van der Waals surface area contributed by atoms with E-state index in [1.165, 1.54) is 5.56 Å². The van der Waals surface area contributed by atoms with Crippen molar-refractivity contribution >= 4 is 11.9 Å². The molecule has 1 amide bonds. The Morgan fingerprint density at radius 3 is 2.17 bits per heavy atom. The number of nitrogens with one attached hydrogen (secondary N) is 1. The Balaban J connectivity index is 1.59. The molecule has 0 heterocycles. The minimum absolute atomic E-state index is 0.144. The van der Waals surface area contributed by atoms with Crippen molar-refractivity contribution in [2.75, 3.05) is 6.61 Å². The van der Waals surface area contributed by atoms with Gasteiger partial charge >= 0.3 is 5.97 Å². The molecule has 0 saturated carbocycles. The minimum atomic E-state index is -1.10. The largest absolute Gasteiger partial charge is 0.494 e. The van der Waals surface area contributed by atoms with Gasteiger partial charge in [0.05, 0.1) is 6.61 Å². The smallest absolute Gasteiger partial charge is 0.326 e. The molecule has 3 aromatic rings. The normalized spacial score (nSPS) is 11.7. The van der Waals surface area contributed by atoms with Gasteiger partial charge in [-0.2, -0.15) is 0 Å². The number of hydrogen-bond acceptors (Lipinski definition) is 4. The summed E-state index contributed by atoms with van der Waals surface area (Å²) in [4.78, 5) is 24.6. The highest BCUT2D eigenvalue weighted by Gasteiger charge is 2.22. The lowest BCUT2D eigenvalue weighted by Gasteiger charge is -2.18. The fourth-order valence-corrected chi connectivity index (χ4v) is 3.91. The molecule has 3 rings (SSSR count). The molecule has 0 aromatic heterocycles. The van der Waals surface area contributed by atoms with Crippen molar-refractivity contribution < 1.29 is 24.2 Å². The molecule has 0 aliphatic rings. The van der Waals surface area contributed by atoms with E-state index in [0.29, 0.717) is 29.6 Å². The molecule has 190 valence electrons. The first-order valence-electron chi connectivity index (χ1n) is 12.3. The SMILES string of the molecule is Cc1c(OCc2ccc(CC(C)C)cc2)ccc(C(=O)NC(CCOc2ccccc2)C(=O)O)c1C. The maximum atomic E-state index is 12.9. The summed E-state index contributed by atoms with van der Waals surface area (Å²) in [6.45, 7) is 8.74. The lowest BCUT2D eigenvalue weighted by atomic mass is 10.0. The van der Waals surface area contributed by atoms with E-state index in [2.05, 4.69) is 43.4 Å². The molecule has 0 radical (unpaired) electrons. The Morgan fingerprint density at radius 1 is 0.861 bits per heavy atom. The molecule has 1 atom stereocenters.